The number of likely N-dealkylation sites (N-methyl/N-ethyl adjacent to an activating group) is 1. The van der Waals surface area contributed by atoms with E-state index in [2.05, 4.69) is 0 Å². The highest BCUT2D eigenvalue weighted by Crippen LogP contribution is 2.18. The Bertz CT molecular complexity index is 718. The van der Waals surface area contributed by atoms with E-state index >= 15 is 0 Å². The largest absolute Gasteiger partial charge is 0.337 e. The van der Waals surface area contributed by atoms with Crippen LogP contribution in [0.1, 0.15) is 32.3 Å². The van der Waals surface area contributed by atoms with Gasteiger partial charge in [0.15, 0.2) is 9.84 Å². The molecule has 1 aliphatic heterocycles. The molecule has 6 nitrogen and oxygen atoms in total. The molecule has 144 valence electrons. The average molecular weight is 381 g/mol. The summed E-state index contributed by atoms with van der Waals surface area (Å²) in [5, 5.41) is 0. The van der Waals surface area contributed by atoms with E-state index in [0.717, 1.165) is 12.8 Å². The van der Waals surface area contributed by atoms with Gasteiger partial charge in [-0.15, -0.1) is 0 Å². The molecule has 0 radical (unpaired) electrons. The van der Waals surface area contributed by atoms with Crippen molar-refractivity contribution in [2.45, 2.75) is 39.2 Å². The quantitative estimate of drug-likeness (QED) is 0.685. The number of carbonyl (C=O) groups is 2. The van der Waals surface area contributed by atoms with E-state index < -0.39 is 9.84 Å². The lowest BCUT2D eigenvalue weighted by atomic mass is 10.1. The fourth-order valence-electron chi connectivity index (χ4n) is 3.38. The van der Waals surface area contributed by atoms with Gasteiger partial charge in [0.25, 0.3) is 0 Å². The molecular formula is C19H28N2O4S. The molecule has 2 amide bonds. The van der Waals surface area contributed by atoms with Gasteiger partial charge < -0.3 is 9.80 Å². The van der Waals surface area contributed by atoms with Crippen LogP contribution >= 0.6 is 0 Å². The fraction of sp³-hybridized carbons (Fsp3) is 0.579. The first-order valence-electron chi connectivity index (χ1n) is 9.11. The number of carbonyl (C=O) groups excluding carboxylic acids is 2. The molecule has 0 spiro atoms. The highest BCUT2D eigenvalue weighted by Gasteiger charge is 2.34. The number of aryl methyl sites for hydroxylation is 1. The third-order valence-corrected chi connectivity index (χ3v) is 6.57. The Morgan fingerprint density at radius 3 is 2.42 bits per heavy atom. The first-order valence-corrected chi connectivity index (χ1v) is 10.9. The van der Waals surface area contributed by atoms with Gasteiger partial charge in [-0.2, -0.15) is 0 Å². The second kappa shape index (κ2) is 9.16. The summed E-state index contributed by atoms with van der Waals surface area (Å²) in [4.78, 5) is 27.7. The highest BCUT2D eigenvalue weighted by molar-refractivity contribution is 7.91. The summed E-state index contributed by atoms with van der Waals surface area (Å²) < 4.78 is 23.4. The van der Waals surface area contributed by atoms with Crippen LogP contribution in [0.3, 0.4) is 0 Å². The van der Waals surface area contributed by atoms with E-state index in [4.69, 9.17) is 0 Å². The molecule has 0 N–H and O–H groups in total. The van der Waals surface area contributed by atoms with Crippen LogP contribution in [0.5, 0.6) is 0 Å². The van der Waals surface area contributed by atoms with E-state index in [1.165, 1.54) is 12.5 Å². The lowest BCUT2D eigenvalue weighted by molar-refractivity contribution is -0.140. The normalized spacial score (nSPS) is 18.5. The van der Waals surface area contributed by atoms with Crippen LogP contribution in [0.2, 0.25) is 0 Å². The molecule has 0 bridgehead atoms. The molecule has 1 unspecified atom stereocenters. The Labute approximate surface area is 156 Å². The number of hydrogen-bond donors (Lipinski definition) is 0. The first kappa shape index (κ1) is 20.4. The third-order valence-electron chi connectivity index (χ3n) is 4.82. The number of benzene rings is 1. The summed E-state index contributed by atoms with van der Waals surface area (Å²) in [6.07, 6.45) is 2.11. The molecule has 1 aromatic carbocycles. The van der Waals surface area contributed by atoms with E-state index in [1.807, 2.05) is 37.3 Å². The van der Waals surface area contributed by atoms with Gasteiger partial charge in [0.2, 0.25) is 11.8 Å². The summed E-state index contributed by atoms with van der Waals surface area (Å²) in [7, 11) is -3.05. The van der Waals surface area contributed by atoms with E-state index in [1.54, 1.807) is 9.80 Å². The number of sulfone groups is 1. The topological polar surface area (TPSA) is 74.8 Å². The minimum atomic E-state index is -3.05. The number of nitrogens with zero attached hydrogens (tertiary/aromatic N) is 2. The zero-order valence-electron chi connectivity index (χ0n) is 15.6. The van der Waals surface area contributed by atoms with Crippen LogP contribution in [-0.2, 0) is 25.8 Å². The van der Waals surface area contributed by atoms with Gasteiger partial charge >= 0.3 is 0 Å². The van der Waals surface area contributed by atoms with Crippen LogP contribution < -0.4 is 0 Å². The predicted molar refractivity (Wildman–Crippen MR) is 101 cm³/mol. The molecule has 7 heteroatoms. The van der Waals surface area contributed by atoms with Crippen molar-refractivity contribution in [3.05, 3.63) is 35.9 Å². The summed E-state index contributed by atoms with van der Waals surface area (Å²) in [6.45, 7) is 4.28. The summed E-state index contributed by atoms with van der Waals surface area (Å²) in [6, 6.07) is 9.75. The maximum absolute atomic E-state index is 12.7. The van der Waals surface area contributed by atoms with E-state index in [-0.39, 0.29) is 35.9 Å². The predicted octanol–water partition coefficient (Wildman–Crippen LogP) is 1.50. The number of hydrogen-bond acceptors (Lipinski definition) is 4. The molecule has 0 aromatic heterocycles. The van der Waals surface area contributed by atoms with Crippen molar-refractivity contribution >= 4 is 21.7 Å². The molecule has 2 rings (SSSR count). The van der Waals surface area contributed by atoms with Crippen LogP contribution in [0.15, 0.2) is 30.3 Å². The maximum atomic E-state index is 12.7. The van der Waals surface area contributed by atoms with Gasteiger partial charge in [-0.25, -0.2) is 8.42 Å². The van der Waals surface area contributed by atoms with Crippen molar-refractivity contribution in [3.8, 4) is 0 Å². The van der Waals surface area contributed by atoms with Crippen LogP contribution in [0, 0.1) is 0 Å². The maximum Gasteiger partial charge on any atom is 0.242 e. The van der Waals surface area contributed by atoms with Gasteiger partial charge in [0.1, 0.15) is 0 Å². The lowest BCUT2D eigenvalue weighted by Gasteiger charge is -2.30. The van der Waals surface area contributed by atoms with Gasteiger partial charge in [-0.05, 0) is 31.7 Å². The minimum absolute atomic E-state index is 0.00844. The van der Waals surface area contributed by atoms with E-state index in [9.17, 15) is 18.0 Å². The zero-order valence-corrected chi connectivity index (χ0v) is 16.4. The van der Waals surface area contributed by atoms with E-state index in [0.29, 0.717) is 19.5 Å². The number of amides is 2. The average Bonchev–Trinajstić information content (AvgIpc) is 2.95. The third kappa shape index (κ3) is 5.83. The number of rotatable bonds is 8. The monoisotopic (exact) mass is 380 g/mol. The molecular weight excluding hydrogens is 352 g/mol. The van der Waals surface area contributed by atoms with Crippen molar-refractivity contribution in [3.63, 3.8) is 0 Å². The Balaban J connectivity index is 1.90. The first-order chi connectivity index (χ1) is 12.3. The van der Waals surface area contributed by atoms with Crippen LogP contribution in [-0.4, -0.2) is 67.2 Å². The van der Waals surface area contributed by atoms with Gasteiger partial charge in [-0.3, -0.25) is 9.59 Å². The highest BCUT2D eigenvalue weighted by atomic mass is 32.2. The van der Waals surface area contributed by atoms with Crippen molar-refractivity contribution in [2.24, 2.45) is 0 Å². The van der Waals surface area contributed by atoms with Gasteiger partial charge in [-0.1, -0.05) is 30.3 Å². The Morgan fingerprint density at radius 2 is 1.88 bits per heavy atom. The molecule has 1 heterocycles. The smallest absolute Gasteiger partial charge is 0.242 e. The molecule has 1 aromatic rings. The van der Waals surface area contributed by atoms with Crippen molar-refractivity contribution in [1.82, 2.24) is 9.80 Å². The molecule has 1 saturated heterocycles. The summed E-state index contributed by atoms with van der Waals surface area (Å²) in [5.74, 6) is -0.152. The second-order valence-corrected chi connectivity index (χ2v) is 9.00. The van der Waals surface area contributed by atoms with Gasteiger partial charge in [0.05, 0.1) is 18.1 Å². The Hall–Kier alpha value is -1.89. The Morgan fingerprint density at radius 1 is 1.19 bits per heavy atom. The Kier molecular flexibility index (Phi) is 7.20. The van der Waals surface area contributed by atoms with Gasteiger partial charge in [0, 0.05) is 26.1 Å². The van der Waals surface area contributed by atoms with Crippen molar-refractivity contribution in [2.75, 3.05) is 31.1 Å². The summed E-state index contributed by atoms with van der Waals surface area (Å²) in [5.41, 5.74) is 1.20. The SMILES string of the molecule is CCN(C(=O)CN(CCCc1ccccc1)C(C)=O)C1CCS(=O)(=O)C1. The van der Waals surface area contributed by atoms with Crippen molar-refractivity contribution in [1.29, 1.82) is 0 Å². The van der Waals surface area contributed by atoms with Crippen molar-refractivity contribution < 1.29 is 18.0 Å². The van der Waals surface area contributed by atoms with Crippen LogP contribution in [0.4, 0.5) is 0 Å². The molecule has 26 heavy (non-hydrogen) atoms. The zero-order chi connectivity index (χ0) is 19.2. The second-order valence-electron chi connectivity index (χ2n) is 6.77. The fourth-order valence-corrected chi connectivity index (χ4v) is 5.11. The minimum Gasteiger partial charge on any atom is -0.337 e. The standard InChI is InChI=1S/C19H28N2O4S/c1-3-21(18-11-13-26(24,25)15-18)19(23)14-20(16(2)22)12-7-10-17-8-5-4-6-9-17/h4-6,8-9,18H,3,7,10-15H2,1-2H3. The molecule has 1 atom stereocenters. The lowest BCUT2D eigenvalue weighted by Crippen LogP contribution is -2.47. The molecule has 1 fully saturated rings. The summed E-state index contributed by atoms with van der Waals surface area (Å²) >= 11 is 0. The molecule has 1 aliphatic rings. The van der Waals surface area contributed by atoms with Crippen LogP contribution in [0.25, 0.3) is 0 Å². The molecule has 0 saturated carbocycles. The molecule has 0 aliphatic carbocycles.